The Morgan fingerprint density at radius 1 is 1.32 bits per heavy atom. The lowest BCUT2D eigenvalue weighted by Gasteiger charge is -2.08. The van der Waals surface area contributed by atoms with Crippen LogP contribution in [0, 0.1) is 0 Å². The zero-order valence-corrected chi connectivity index (χ0v) is 11.5. The molecule has 19 heavy (non-hydrogen) atoms. The third-order valence-electron chi connectivity index (χ3n) is 2.69. The predicted molar refractivity (Wildman–Crippen MR) is 78.7 cm³/mol. The Morgan fingerprint density at radius 3 is 2.79 bits per heavy atom. The van der Waals surface area contributed by atoms with E-state index in [1.54, 1.807) is 6.08 Å². The first-order chi connectivity index (χ1) is 9.20. The smallest absolute Gasteiger partial charge is 0.273 e. The van der Waals surface area contributed by atoms with Crippen molar-refractivity contribution in [2.75, 3.05) is 6.61 Å². The molecular formula is C14H16N2O2S. The Labute approximate surface area is 117 Å². The Morgan fingerprint density at radius 2 is 2.11 bits per heavy atom. The van der Waals surface area contributed by atoms with Gasteiger partial charge in [0.05, 0.1) is 6.61 Å². The lowest BCUT2D eigenvalue weighted by molar-refractivity contribution is -0.115. The summed E-state index contributed by atoms with van der Waals surface area (Å²) >= 11 is 4.89. The van der Waals surface area contributed by atoms with E-state index >= 15 is 0 Å². The Balaban J connectivity index is 2.18. The minimum absolute atomic E-state index is 0.214. The van der Waals surface area contributed by atoms with E-state index in [0.29, 0.717) is 17.4 Å². The van der Waals surface area contributed by atoms with E-state index in [9.17, 15) is 4.79 Å². The van der Waals surface area contributed by atoms with Gasteiger partial charge >= 0.3 is 0 Å². The van der Waals surface area contributed by atoms with E-state index in [-0.39, 0.29) is 5.91 Å². The lowest BCUT2D eigenvalue weighted by atomic mass is 10.1. The van der Waals surface area contributed by atoms with Gasteiger partial charge < -0.3 is 10.1 Å². The standard InChI is InChI=1S/C14H16N2O2S/c1-2-3-8-18-12-7-5-4-6-10(12)9-11-13(17)16-14(19)15-11/h4-7,9H,2-3,8H2,1H3,(H2,15,16,17,19)/b11-9-. The van der Waals surface area contributed by atoms with Crippen LogP contribution < -0.4 is 15.4 Å². The second kappa shape index (κ2) is 6.33. The van der Waals surface area contributed by atoms with Crippen molar-refractivity contribution in [1.82, 2.24) is 10.6 Å². The van der Waals surface area contributed by atoms with Gasteiger partial charge in [0.2, 0.25) is 0 Å². The second-order valence-corrected chi connectivity index (χ2v) is 4.61. The molecule has 1 saturated heterocycles. The molecule has 0 spiro atoms. The summed E-state index contributed by atoms with van der Waals surface area (Å²) < 4.78 is 5.71. The number of unbranched alkanes of at least 4 members (excludes halogenated alkanes) is 1. The van der Waals surface area contributed by atoms with Gasteiger partial charge in [-0.2, -0.15) is 0 Å². The molecule has 0 aromatic heterocycles. The van der Waals surface area contributed by atoms with Gasteiger partial charge in [-0.25, -0.2) is 0 Å². The maximum absolute atomic E-state index is 11.6. The number of hydrogen-bond donors (Lipinski definition) is 2. The number of ether oxygens (including phenoxy) is 1. The monoisotopic (exact) mass is 276 g/mol. The number of amides is 1. The zero-order valence-electron chi connectivity index (χ0n) is 10.7. The van der Waals surface area contributed by atoms with Crippen molar-refractivity contribution in [3.8, 4) is 5.75 Å². The number of carbonyl (C=O) groups is 1. The minimum atomic E-state index is -0.214. The number of carbonyl (C=O) groups excluding carboxylic acids is 1. The number of hydrogen-bond acceptors (Lipinski definition) is 3. The molecule has 0 saturated carbocycles. The molecule has 0 aliphatic carbocycles. The zero-order chi connectivity index (χ0) is 13.7. The highest BCUT2D eigenvalue weighted by atomic mass is 32.1. The molecule has 0 unspecified atom stereocenters. The van der Waals surface area contributed by atoms with Crippen molar-refractivity contribution in [3.05, 3.63) is 35.5 Å². The fourth-order valence-corrected chi connectivity index (χ4v) is 1.90. The van der Waals surface area contributed by atoms with Gasteiger partial charge in [-0.15, -0.1) is 0 Å². The molecule has 1 aliphatic heterocycles. The largest absolute Gasteiger partial charge is 0.493 e. The van der Waals surface area contributed by atoms with Crippen LogP contribution in [0.15, 0.2) is 30.0 Å². The van der Waals surface area contributed by atoms with Crippen LogP contribution in [0.5, 0.6) is 5.75 Å². The van der Waals surface area contributed by atoms with Crippen LogP contribution in [0.2, 0.25) is 0 Å². The summed E-state index contributed by atoms with van der Waals surface area (Å²) in [4.78, 5) is 11.6. The fraction of sp³-hybridized carbons (Fsp3) is 0.286. The van der Waals surface area contributed by atoms with Gasteiger partial charge in [0, 0.05) is 5.56 Å². The second-order valence-electron chi connectivity index (χ2n) is 4.21. The summed E-state index contributed by atoms with van der Waals surface area (Å²) in [5, 5.41) is 5.69. The van der Waals surface area contributed by atoms with Crippen LogP contribution in [0.4, 0.5) is 0 Å². The Hall–Kier alpha value is -1.88. The molecule has 1 aromatic carbocycles. The Bertz CT molecular complexity index is 526. The summed E-state index contributed by atoms with van der Waals surface area (Å²) in [5.74, 6) is 0.559. The number of rotatable bonds is 5. The van der Waals surface area contributed by atoms with Gasteiger partial charge in [0.1, 0.15) is 11.4 Å². The van der Waals surface area contributed by atoms with Crippen molar-refractivity contribution < 1.29 is 9.53 Å². The number of thiocarbonyl (C=S) groups is 1. The number of nitrogens with one attached hydrogen (secondary N) is 2. The fourth-order valence-electron chi connectivity index (χ4n) is 1.70. The lowest BCUT2D eigenvalue weighted by Crippen LogP contribution is -2.21. The summed E-state index contributed by atoms with van der Waals surface area (Å²) in [6.07, 6.45) is 3.84. The van der Waals surface area contributed by atoms with Crippen LogP contribution >= 0.6 is 12.2 Å². The van der Waals surface area contributed by atoms with Crippen molar-refractivity contribution >= 4 is 29.3 Å². The van der Waals surface area contributed by atoms with E-state index in [2.05, 4.69) is 17.6 Å². The quantitative estimate of drug-likeness (QED) is 0.492. The molecule has 100 valence electrons. The van der Waals surface area contributed by atoms with Gasteiger partial charge in [0.15, 0.2) is 5.11 Å². The molecule has 1 aromatic rings. The van der Waals surface area contributed by atoms with Gasteiger partial charge in [-0.1, -0.05) is 31.5 Å². The number of para-hydroxylation sites is 1. The molecule has 1 heterocycles. The molecule has 2 rings (SSSR count). The third-order valence-corrected chi connectivity index (χ3v) is 2.90. The molecule has 4 nitrogen and oxygen atoms in total. The Kier molecular flexibility index (Phi) is 4.52. The normalized spacial score (nSPS) is 16.4. The molecule has 2 N–H and O–H groups in total. The maximum atomic E-state index is 11.6. The van der Waals surface area contributed by atoms with Crippen LogP contribution in [-0.4, -0.2) is 17.6 Å². The molecule has 0 radical (unpaired) electrons. The minimum Gasteiger partial charge on any atom is -0.493 e. The van der Waals surface area contributed by atoms with Crippen LogP contribution in [-0.2, 0) is 4.79 Å². The first-order valence-electron chi connectivity index (χ1n) is 6.26. The highest BCUT2D eigenvalue weighted by Crippen LogP contribution is 2.21. The summed E-state index contributed by atoms with van der Waals surface area (Å²) in [7, 11) is 0. The summed E-state index contributed by atoms with van der Waals surface area (Å²) in [6.45, 7) is 2.79. The van der Waals surface area contributed by atoms with E-state index in [0.717, 1.165) is 24.2 Å². The average Bonchev–Trinajstić information content (AvgIpc) is 2.70. The van der Waals surface area contributed by atoms with Crippen molar-refractivity contribution in [2.45, 2.75) is 19.8 Å². The van der Waals surface area contributed by atoms with E-state index < -0.39 is 0 Å². The topological polar surface area (TPSA) is 50.4 Å². The van der Waals surface area contributed by atoms with Gasteiger partial charge in [0.25, 0.3) is 5.91 Å². The summed E-state index contributed by atoms with van der Waals surface area (Å²) in [6, 6.07) is 7.62. The molecule has 1 amide bonds. The highest BCUT2D eigenvalue weighted by molar-refractivity contribution is 7.80. The average molecular weight is 276 g/mol. The molecule has 1 fully saturated rings. The molecule has 1 aliphatic rings. The predicted octanol–water partition coefficient (Wildman–Crippen LogP) is 2.21. The van der Waals surface area contributed by atoms with Gasteiger partial charge in [-0.05, 0) is 30.8 Å². The van der Waals surface area contributed by atoms with Crippen LogP contribution in [0.1, 0.15) is 25.3 Å². The molecule has 0 atom stereocenters. The molecule has 5 heteroatoms. The molecule has 0 bridgehead atoms. The van der Waals surface area contributed by atoms with Crippen molar-refractivity contribution in [2.24, 2.45) is 0 Å². The van der Waals surface area contributed by atoms with Crippen LogP contribution in [0.25, 0.3) is 6.08 Å². The third kappa shape index (κ3) is 3.54. The SMILES string of the molecule is CCCCOc1ccccc1/C=C1\NC(=S)NC1=O. The van der Waals surface area contributed by atoms with Crippen LogP contribution in [0.3, 0.4) is 0 Å². The van der Waals surface area contributed by atoms with E-state index in [1.807, 2.05) is 24.3 Å². The van der Waals surface area contributed by atoms with E-state index in [1.165, 1.54) is 0 Å². The first kappa shape index (κ1) is 13.5. The molecular weight excluding hydrogens is 260 g/mol. The van der Waals surface area contributed by atoms with Crippen molar-refractivity contribution in [3.63, 3.8) is 0 Å². The first-order valence-corrected chi connectivity index (χ1v) is 6.67. The van der Waals surface area contributed by atoms with Gasteiger partial charge in [-0.3, -0.25) is 10.1 Å². The number of benzene rings is 1. The summed E-state index contributed by atoms with van der Waals surface area (Å²) in [5.41, 5.74) is 1.30. The highest BCUT2D eigenvalue weighted by Gasteiger charge is 2.20. The maximum Gasteiger partial charge on any atom is 0.273 e. The van der Waals surface area contributed by atoms with E-state index in [4.69, 9.17) is 17.0 Å². The van der Waals surface area contributed by atoms with Crippen molar-refractivity contribution in [1.29, 1.82) is 0 Å².